The molecule has 1 saturated heterocycles. The van der Waals surface area contributed by atoms with E-state index in [-0.39, 0.29) is 6.03 Å². The summed E-state index contributed by atoms with van der Waals surface area (Å²) in [6.07, 6.45) is 4.38. The van der Waals surface area contributed by atoms with Gasteiger partial charge in [0, 0.05) is 51.7 Å². The number of carbonyl (C=O) groups excluding carboxylic acids is 1. The number of carbonyl (C=O) groups is 1. The maximum atomic E-state index is 12.0. The predicted molar refractivity (Wildman–Crippen MR) is 116 cm³/mol. The Balaban J connectivity index is 1.29. The first-order chi connectivity index (χ1) is 14.1. The second-order valence-electron chi connectivity index (χ2n) is 7.39. The molecule has 2 N–H and O–H groups in total. The zero-order valence-electron chi connectivity index (χ0n) is 17.4. The number of urea groups is 1. The van der Waals surface area contributed by atoms with Gasteiger partial charge < -0.3 is 20.3 Å². The number of benzene rings is 1. The maximum Gasteiger partial charge on any atom is 0.319 e. The number of hydrogen-bond donors (Lipinski definition) is 2. The third-order valence-corrected chi connectivity index (χ3v) is 5.09. The molecule has 0 bridgehead atoms. The van der Waals surface area contributed by atoms with Crippen LogP contribution in [0.15, 0.2) is 36.7 Å². The third kappa shape index (κ3) is 6.76. The van der Waals surface area contributed by atoms with Gasteiger partial charge in [-0.2, -0.15) is 5.10 Å². The molecule has 0 atom stereocenters. The van der Waals surface area contributed by atoms with E-state index in [0.29, 0.717) is 25.4 Å². The molecule has 0 spiro atoms. The van der Waals surface area contributed by atoms with Gasteiger partial charge in [-0.1, -0.05) is 12.1 Å². The summed E-state index contributed by atoms with van der Waals surface area (Å²) in [6, 6.07) is 8.50. The van der Waals surface area contributed by atoms with E-state index in [4.69, 9.17) is 4.74 Å². The molecule has 29 heavy (non-hydrogen) atoms. The van der Waals surface area contributed by atoms with Crippen molar-refractivity contribution in [3.8, 4) is 0 Å². The monoisotopic (exact) mass is 400 g/mol. The lowest BCUT2D eigenvalue weighted by molar-refractivity contribution is 0.183. The van der Waals surface area contributed by atoms with Gasteiger partial charge in [0.2, 0.25) is 0 Å². The average Bonchev–Trinajstić information content (AvgIpc) is 3.17. The van der Waals surface area contributed by atoms with Crippen molar-refractivity contribution in [3.63, 3.8) is 0 Å². The second kappa shape index (κ2) is 10.8. The van der Waals surface area contributed by atoms with Crippen LogP contribution in [0, 0.1) is 6.92 Å². The smallest absolute Gasteiger partial charge is 0.319 e. The molecule has 0 radical (unpaired) electrons. The summed E-state index contributed by atoms with van der Waals surface area (Å²) < 4.78 is 6.76. The first-order valence-electron chi connectivity index (χ1n) is 10.2. The van der Waals surface area contributed by atoms with Gasteiger partial charge in [-0.3, -0.25) is 9.58 Å². The molecule has 0 aliphatic carbocycles. The van der Waals surface area contributed by atoms with Gasteiger partial charge in [0.25, 0.3) is 0 Å². The lowest BCUT2D eigenvalue weighted by Crippen LogP contribution is -2.47. The van der Waals surface area contributed by atoms with Crippen LogP contribution < -0.4 is 15.5 Å². The average molecular weight is 401 g/mol. The molecule has 3 rings (SSSR count). The summed E-state index contributed by atoms with van der Waals surface area (Å²) in [6.45, 7) is 9.25. The fourth-order valence-corrected chi connectivity index (χ4v) is 3.47. The minimum absolute atomic E-state index is 0.194. The number of aromatic nitrogens is 2. The second-order valence-corrected chi connectivity index (χ2v) is 7.39. The number of ether oxygens (including phenoxy) is 1. The normalized spacial score (nSPS) is 14.8. The standard InChI is InChI=1S/C21H32N6O2/c1-18-5-3-6-20(15-18)26-11-9-25(10-12-26)8-4-7-22-21(28)24-19-16-23-27(17-19)13-14-29-2/h3,5-6,15-17H,4,7-14H2,1-2H3,(H2,22,24,28). The minimum atomic E-state index is -0.194. The lowest BCUT2D eigenvalue weighted by atomic mass is 10.2. The zero-order valence-corrected chi connectivity index (χ0v) is 17.4. The number of nitrogens with one attached hydrogen (secondary N) is 2. The Bertz CT molecular complexity index is 770. The van der Waals surface area contributed by atoms with E-state index in [0.717, 1.165) is 39.1 Å². The van der Waals surface area contributed by atoms with E-state index in [1.165, 1.54) is 11.3 Å². The molecule has 0 saturated carbocycles. The predicted octanol–water partition coefficient (Wildman–Crippen LogP) is 2.17. The highest BCUT2D eigenvalue weighted by molar-refractivity contribution is 5.88. The largest absolute Gasteiger partial charge is 0.383 e. The Kier molecular flexibility index (Phi) is 7.89. The SMILES string of the molecule is COCCn1cc(NC(=O)NCCCN2CCN(c3cccc(C)c3)CC2)cn1. The van der Waals surface area contributed by atoms with Crippen molar-refractivity contribution in [1.29, 1.82) is 0 Å². The van der Waals surface area contributed by atoms with Crippen LogP contribution in [-0.4, -0.2) is 73.7 Å². The van der Waals surface area contributed by atoms with E-state index in [1.54, 1.807) is 24.2 Å². The molecule has 1 fully saturated rings. The van der Waals surface area contributed by atoms with E-state index >= 15 is 0 Å². The molecule has 2 aromatic rings. The van der Waals surface area contributed by atoms with Gasteiger partial charge >= 0.3 is 6.03 Å². The van der Waals surface area contributed by atoms with Crippen molar-refractivity contribution >= 4 is 17.4 Å². The molecule has 8 nitrogen and oxygen atoms in total. The zero-order chi connectivity index (χ0) is 20.5. The van der Waals surface area contributed by atoms with E-state index in [1.807, 2.05) is 0 Å². The summed E-state index contributed by atoms with van der Waals surface area (Å²) in [5, 5.41) is 9.91. The number of anilines is 2. The quantitative estimate of drug-likeness (QED) is 0.631. The van der Waals surface area contributed by atoms with Crippen molar-refractivity contribution < 1.29 is 9.53 Å². The first-order valence-corrected chi connectivity index (χ1v) is 10.2. The van der Waals surface area contributed by atoms with Crippen molar-refractivity contribution in [2.75, 3.05) is 63.2 Å². The van der Waals surface area contributed by atoms with Crippen molar-refractivity contribution in [2.24, 2.45) is 0 Å². The van der Waals surface area contributed by atoms with Gasteiger partial charge in [0.05, 0.1) is 25.0 Å². The Morgan fingerprint density at radius 2 is 2.03 bits per heavy atom. The number of nitrogens with zero attached hydrogens (tertiary/aromatic N) is 4. The fourth-order valence-electron chi connectivity index (χ4n) is 3.47. The molecular formula is C21H32N6O2. The molecule has 1 aliphatic heterocycles. The number of methoxy groups -OCH3 is 1. The van der Waals surface area contributed by atoms with Gasteiger partial charge in [-0.25, -0.2) is 4.79 Å². The highest BCUT2D eigenvalue weighted by Crippen LogP contribution is 2.17. The van der Waals surface area contributed by atoms with Crippen LogP contribution in [0.2, 0.25) is 0 Å². The van der Waals surface area contributed by atoms with Crippen molar-refractivity contribution in [2.45, 2.75) is 19.9 Å². The van der Waals surface area contributed by atoms with Crippen LogP contribution in [-0.2, 0) is 11.3 Å². The number of piperazine rings is 1. The molecule has 1 aromatic carbocycles. The summed E-state index contributed by atoms with van der Waals surface area (Å²) in [7, 11) is 1.65. The lowest BCUT2D eigenvalue weighted by Gasteiger charge is -2.36. The Morgan fingerprint density at radius 1 is 1.21 bits per heavy atom. The fraction of sp³-hybridized carbons (Fsp3) is 0.524. The molecule has 2 heterocycles. The van der Waals surface area contributed by atoms with Gasteiger partial charge in [-0.05, 0) is 37.6 Å². The number of rotatable bonds is 9. The van der Waals surface area contributed by atoms with Crippen LogP contribution in [0.25, 0.3) is 0 Å². The number of amides is 2. The van der Waals surface area contributed by atoms with Crippen LogP contribution in [0.4, 0.5) is 16.2 Å². The molecular weight excluding hydrogens is 368 g/mol. The number of aryl methyl sites for hydroxylation is 1. The van der Waals surface area contributed by atoms with E-state index in [2.05, 4.69) is 56.7 Å². The van der Waals surface area contributed by atoms with Crippen LogP contribution in [0.5, 0.6) is 0 Å². The maximum absolute atomic E-state index is 12.0. The van der Waals surface area contributed by atoms with Gasteiger partial charge in [-0.15, -0.1) is 0 Å². The molecule has 2 amide bonds. The highest BCUT2D eigenvalue weighted by atomic mass is 16.5. The molecule has 0 unspecified atom stereocenters. The molecule has 8 heteroatoms. The third-order valence-electron chi connectivity index (χ3n) is 5.09. The summed E-state index contributed by atoms with van der Waals surface area (Å²) >= 11 is 0. The van der Waals surface area contributed by atoms with Crippen LogP contribution in [0.3, 0.4) is 0 Å². The molecule has 1 aromatic heterocycles. The highest BCUT2D eigenvalue weighted by Gasteiger charge is 2.16. The minimum Gasteiger partial charge on any atom is -0.383 e. The number of hydrogen-bond acceptors (Lipinski definition) is 5. The van der Waals surface area contributed by atoms with E-state index in [9.17, 15) is 4.79 Å². The Morgan fingerprint density at radius 3 is 2.79 bits per heavy atom. The van der Waals surface area contributed by atoms with Gasteiger partial charge in [0.1, 0.15) is 0 Å². The summed E-state index contributed by atoms with van der Waals surface area (Å²) in [5.74, 6) is 0. The molecule has 1 aliphatic rings. The Hall–Kier alpha value is -2.58. The Labute approximate surface area is 172 Å². The van der Waals surface area contributed by atoms with E-state index < -0.39 is 0 Å². The van der Waals surface area contributed by atoms with Crippen molar-refractivity contribution in [1.82, 2.24) is 20.0 Å². The summed E-state index contributed by atoms with van der Waals surface area (Å²) in [4.78, 5) is 16.9. The van der Waals surface area contributed by atoms with Crippen molar-refractivity contribution in [3.05, 3.63) is 42.2 Å². The topological polar surface area (TPSA) is 74.7 Å². The van der Waals surface area contributed by atoms with Gasteiger partial charge in [0.15, 0.2) is 0 Å². The molecule has 158 valence electrons. The van der Waals surface area contributed by atoms with Crippen LogP contribution in [0.1, 0.15) is 12.0 Å². The summed E-state index contributed by atoms with van der Waals surface area (Å²) in [5.41, 5.74) is 3.30. The van der Waals surface area contributed by atoms with Crippen LogP contribution >= 0.6 is 0 Å². The first kappa shape index (κ1) is 21.1.